The van der Waals surface area contributed by atoms with E-state index in [-0.39, 0.29) is 11.7 Å². The summed E-state index contributed by atoms with van der Waals surface area (Å²) >= 11 is 0. The monoisotopic (exact) mass is 437 g/mol. The molecule has 0 aliphatic carbocycles. The van der Waals surface area contributed by atoms with Crippen LogP contribution in [0, 0.1) is 5.82 Å². The van der Waals surface area contributed by atoms with Crippen LogP contribution in [0.4, 0.5) is 4.39 Å². The molecule has 0 spiro atoms. The molecule has 6 heteroatoms. The van der Waals surface area contributed by atoms with E-state index in [2.05, 4.69) is 47.0 Å². The molecule has 1 aliphatic rings. The van der Waals surface area contributed by atoms with Gasteiger partial charge in [-0.25, -0.2) is 4.39 Å². The van der Waals surface area contributed by atoms with E-state index in [1.54, 1.807) is 19.2 Å². The van der Waals surface area contributed by atoms with Crippen LogP contribution in [0.25, 0.3) is 10.9 Å². The molecule has 4 rings (SSSR count). The minimum absolute atomic E-state index is 0.131. The Morgan fingerprint density at radius 1 is 1.19 bits per heavy atom. The number of aromatic nitrogens is 1. The van der Waals surface area contributed by atoms with Crippen LogP contribution >= 0.6 is 0 Å². The van der Waals surface area contributed by atoms with Crippen molar-refractivity contribution in [3.63, 3.8) is 0 Å². The molecule has 0 atom stereocenters. The smallest absolute Gasteiger partial charge is 0.217 e. The molecular formula is C26H32FN3O2. The zero-order chi connectivity index (χ0) is 22.9. The number of fused-ring (bicyclic) bond motifs is 1. The van der Waals surface area contributed by atoms with Crippen LogP contribution in [0.3, 0.4) is 0 Å². The molecule has 0 unspecified atom stereocenters. The van der Waals surface area contributed by atoms with Crippen molar-refractivity contribution in [2.45, 2.75) is 51.7 Å². The van der Waals surface area contributed by atoms with Crippen LogP contribution in [-0.2, 0) is 16.9 Å². The molecule has 5 nitrogen and oxygen atoms in total. The highest BCUT2D eigenvalue weighted by Crippen LogP contribution is 2.36. The number of carbonyl (C=O) groups excluding carboxylic acids is 1. The lowest BCUT2D eigenvalue weighted by atomic mass is 9.80. The molecule has 1 saturated heterocycles. The normalized spacial score (nSPS) is 16.4. The Kier molecular flexibility index (Phi) is 6.24. The van der Waals surface area contributed by atoms with Crippen LogP contribution in [0.5, 0.6) is 5.75 Å². The van der Waals surface area contributed by atoms with Gasteiger partial charge in [0, 0.05) is 55.3 Å². The molecule has 3 aromatic rings. The number of hydrogen-bond acceptors (Lipinski definition) is 3. The maximum absolute atomic E-state index is 14.7. The molecule has 170 valence electrons. The third-order valence-corrected chi connectivity index (χ3v) is 6.59. The molecule has 0 bridgehead atoms. The average molecular weight is 438 g/mol. The second kappa shape index (κ2) is 8.94. The Morgan fingerprint density at radius 3 is 2.53 bits per heavy atom. The molecule has 2 aromatic carbocycles. The lowest BCUT2D eigenvalue weighted by molar-refractivity contribution is -0.121. The van der Waals surface area contributed by atoms with E-state index in [4.69, 9.17) is 4.74 Å². The van der Waals surface area contributed by atoms with Gasteiger partial charge in [-0.3, -0.25) is 9.69 Å². The molecule has 1 fully saturated rings. The lowest BCUT2D eigenvalue weighted by Crippen LogP contribution is -2.52. The Morgan fingerprint density at radius 2 is 1.91 bits per heavy atom. The Balaban J connectivity index is 1.59. The summed E-state index contributed by atoms with van der Waals surface area (Å²) in [5.41, 5.74) is 2.37. The molecular weight excluding hydrogens is 405 g/mol. The molecule has 0 radical (unpaired) electrons. The van der Waals surface area contributed by atoms with E-state index in [1.165, 1.54) is 29.5 Å². The van der Waals surface area contributed by atoms with E-state index >= 15 is 0 Å². The molecule has 1 N–H and O–H groups in total. The maximum atomic E-state index is 14.7. The largest absolute Gasteiger partial charge is 0.497 e. The van der Waals surface area contributed by atoms with Crippen molar-refractivity contribution >= 4 is 16.8 Å². The third-order valence-electron chi connectivity index (χ3n) is 6.59. The SMILES string of the molecule is COc1ccc2c(c1)c(CN1CCC(NC(C)=O)(c3ccccc3F)CC1)cn2C(C)C. The standard InChI is InChI=1S/C26H32FN3O2/c1-18(2)30-17-20(22-15-21(32-4)9-10-25(22)30)16-29-13-11-26(12-14-29,28-19(3)31)23-7-5-6-8-24(23)27/h5-10,15,17-18H,11-14,16H2,1-4H3,(H,28,31). The van der Waals surface area contributed by atoms with Gasteiger partial charge in [-0.15, -0.1) is 0 Å². The molecule has 2 heterocycles. The van der Waals surface area contributed by atoms with Gasteiger partial charge in [-0.1, -0.05) is 18.2 Å². The van der Waals surface area contributed by atoms with Crippen molar-refractivity contribution in [2.24, 2.45) is 0 Å². The number of methoxy groups -OCH3 is 1. The Hall–Kier alpha value is -2.86. The molecule has 0 saturated carbocycles. The second-order valence-corrected chi connectivity index (χ2v) is 9.06. The first-order valence-corrected chi connectivity index (χ1v) is 11.3. The highest BCUT2D eigenvalue weighted by atomic mass is 19.1. The molecule has 1 amide bonds. The van der Waals surface area contributed by atoms with Crippen molar-refractivity contribution in [1.82, 2.24) is 14.8 Å². The lowest BCUT2D eigenvalue weighted by Gasteiger charge is -2.42. The van der Waals surface area contributed by atoms with Crippen molar-refractivity contribution in [1.29, 1.82) is 0 Å². The number of nitrogens with one attached hydrogen (secondary N) is 1. The van der Waals surface area contributed by atoms with Crippen LogP contribution in [0.1, 0.15) is 50.8 Å². The van der Waals surface area contributed by atoms with E-state index in [1.807, 2.05) is 12.1 Å². The van der Waals surface area contributed by atoms with E-state index in [0.717, 1.165) is 25.4 Å². The second-order valence-electron chi connectivity index (χ2n) is 9.06. The summed E-state index contributed by atoms with van der Waals surface area (Å²) < 4.78 is 22.4. The van der Waals surface area contributed by atoms with Crippen LogP contribution in [-0.4, -0.2) is 35.6 Å². The first kappa shape index (κ1) is 22.3. The van der Waals surface area contributed by atoms with Crippen molar-refractivity contribution in [3.8, 4) is 5.75 Å². The molecule has 32 heavy (non-hydrogen) atoms. The Labute approximate surface area is 189 Å². The highest BCUT2D eigenvalue weighted by Gasteiger charge is 2.38. The zero-order valence-electron chi connectivity index (χ0n) is 19.3. The average Bonchev–Trinajstić information content (AvgIpc) is 3.13. The quantitative estimate of drug-likeness (QED) is 0.591. The van der Waals surface area contributed by atoms with E-state index < -0.39 is 5.54 Å². The number of piperidine rings is 1. The minimum atomic E-state index is -0.664. The Bertz CT molecular complexity index is 1110. The minimum Gasteiger partial charge on any atom is -0.497 e. The number of amides is 1. The predicted molar refractivity (Wildman–Crippen MR) is 125 cm³/mol. The summed E-state index contributed by atoms with van der Waals surface area (Å²) in [7, 11) is 1.69. The predicted octanol–water partition coefficient (Wildman–Crippen LogP) is 5.00. The fourth-order valence-electron chi connectivity index (χ4n) is 4.97. The number of halogens is 1. The summed E-state index contributed by atoms with van der Waals surface area (Å²) in [6, 6.07) is 13.4. The van der Waals surface area contributed by atoms with Crippen molar-refractivity contribution in [2.75, 3.05) is 20.2 Å². The topological polar surface area (TPSA) is 46.5 Å². The number of benzene rings is 2. The number of likely N-dealkylation sites (tertiary alicyclic amines) is 1. The summed E-state index contributed by atoms with van der Waals surface area (Å²) in [4.78, 5) is 14.4. The first-order valence-electron chi connectivity index (χ1n) is 11.3. The van der Waals surface area contributed by atoms with Gasteiger partial charge in [0.25, 0.3) is 0 Å². The van der Waals surface area contributed by atoms with Crippen molar-refractivity contribution in [3.05, 3.63) is 65.6 Å². The van der Waals surface area contributed by atoms with E-state index in [0.29, 0.717) is 24.4 Å². The van der Waals surface area contributed by atoms with Gasteiger partial charge in [-0.2, -0.15) is 0 Å². The van der Waals surface area contributed by atoms with Gasteiger partial charge >= 0.3 is 0 Å². The summed E-state index contributed by atoms with van der Waals surface area (Å²) in [6.07, 6.45) is 3.57. The molecule has 1 aliphatic heterocycles. The van der Waals surface area contributed by atoms with Crippen LogP contribution in [0.15, 0.2) is 48.7 Å². The van der Waals surface area contributed by atoms with E-state index in [9.17, 15) is 9.18 Å². The van der Waals surface area contributed by atoms with Gasteiger partial charge in [0.2, 0.25) is 5.91 Å². The maximum Gasteiger partial charge on any atom is 0.217 e. The van der Waals surface area contributed by atoms with Crippen LogP contribution < -0.4 is 10.1 Å². The van der Waals surface area contributed by atoms with Crippen LogP contribution in [0.2, 0.25) is 0 Å². The van der Waals surface area contributed by atoms with Gasteiger partial charge in [0.1, 0.15) is 11.6 Å². The first-order chi connectivity index (χ1) is 15.3. The zero-order valence-corrected chi connectivity index (χ0v) is 19.3. The summed E-state index contributed by atoms with van der Waals surface area (Å²) in [5, 5.41) is 4.27. The number of ether oxygens (including phenoxy) is 1. The van der Waals surface area contributed by atoms with Gasteiger partial charge in [0.05, 0.1) is 12.6 Å². The van der Waals surface area contributed by atoms with Gasteiger partial charge < -0.3 is 14.6 Å². The van der Waals surface area contributed by atoms with Gasteiger partial charge in [-0.05, 0) is 56.5 Å². The van der Waals surface area contributed by atoms with Crippen molar-refractivity contribution < 1.29 is 13.9 Å². The fourth-order valence-corrected chi connectivity index (χ4v) is 4.97. The third kappa shape index (κ3) is 4.24. The number of carbonyl (C=O) groups is 1. The fraction of sp³-hybridized carbons (Fsp3) is 0.423. The molecule has 1 aromatic heterocycles. The number of hydrogen-bond donors (Lipinski definition) is 1. The highest BCUT2D eigenvalue weighted by molar-refractivity contribution is 5.85. The number of rotatable bonds is 6. The van der Waals surface area contributed by atoms with Gasteiger partial charge in [0.15, 0.2) is 0 Å². The summed E-state index contributed by atoms with van der Waals surface area (Å²) in [5.74, 6) is 0.457. The number of nitrogens with zero attached hydrogens (tertiary/aromatic N) is 2. The summed E-state index contributed by atoms with van der Waals surface area (Å²) in [6.45, 7) is 8.22.